The molecule has 0 amide bonds. The van der Waals surface area contributed by atoms with Crippen LogP contribution in [-0.2, 0) is 10.3 Å². The van der Waals surface area contributed by atoms with Crippen LogP contribution in [0.1, 0.15) is 47.9 Å². The first kappa shape index (κ1) is 12.2. The summed E-state index contributed by atoms with van der Waals surface area (Å²) >= 11 is 0. The summed E-state index contributed by atoms with van der Waals surface area (Å²) in [5, 5.41) is 11.1. The van der Waals surface area contributed by atoms with E-state index in [1.54, 1.807) is 0 Å². The number of rotatable bonds is 1. The highest BCUT2D eigenvalue weighted by molar-refractivity contribution is 5.42. The van der Waals surface area contributed by atoms with Gasteiger partial charge < -0.3 is 9.84 Å². The van der Waals surface area contributed by atoms with Crippen molar-refractivity contribution >= 4 is 0 Å². The Morgan fingerprint density at radius 1 is 1.06 bits per heavy atom. The van der Waals surface area contributed by atoms with E-state index in [0.717, 1.165) is 31.2 Å². The molecule has 1 aromatic rings. The van der Waals surface area contributed by atoms with E-state index in [1.165, 1.54) is 16.7 Å². The van der Waals surface area contributed by atoms with E-state index in [-0.39, 0.29) is 12.2 Å². The van der Waals surface area contributed by atoms with Gasteiger partial charge in [0.1, 0.15) is 0 Å². The number of fused-ring (bicyclic) bond motifs is 2. The lowest BCUT2D eigenvalue weighted by Crippen LogP contribution is -2.39. The van der Waals surface area contributed by atoms with Crippen molar-refractivity contribution < 1.29 is 9.84 Å². The van der Waals surface area contributed by atoms with Gasteiger partial charge in [0.15, 0.2) is 0 Å². The van der Waals surface area contributed by atoms with E-state index < -0.39 is 5.60 Å². The zero-order valence-corrected chi connectivity index (χ0v) is 11.5. The molecule has 2 nitrogen and oxygen atoms in total. The molecule has 2 heterocycles. The van der Waals surface area contributed by atoms with Crippen molar-refractivity contribution in [2.24, 2.45) is 0 Å². The maximum Gasteiger partial charge on any atom is 0.0951 e. The molecular formula is C16H22O2. The largest absolute Gasteiger partial charge is 0.385 e. The number of hydrogen-bond acceptors (Lipinski definition) is 2. The number of ether oxygens (including phenoxy) is 1. The molecule has 2 aliphatic rings. The third kappa shape index (κ3) is 1.88. The van der Waals surface area contributed by atoms with E-state index in [9.17, 15) is 5.11 Å². The molecule has 0 aliphatic carbocycles. The van der Waals surface area contributed by atoms with Crippen molar-refractivity contribution in [2.45, 2.75) is 64.3 Å². The second-order valence-electron chi connectivity index (χ2n) is 6.17. The van der Waals surface area contributed by atoms with E-state index in [1.807, 2.05) is 0 Å². The van der Waals surface area contributed by atoms with Crippen molar-refractivity contribution in [2.75, 3.05) is 0 Å². The molecule has 2 atom stereocenters. The highest BCUT2D eigenvalue weighted by Crippen LogP contribution is 2.45. The zero-order chi connectivity index (χ0) is 12.9. The average molecular weight is 246 g/mol. The number of aliphatic hydroxyl groups is 1. The molecule has 0 radical (unpaired) electrons. The smallest absolute Gasteiger partial charge is 0.0951 e. The van der Waals surface area contributed by atoms with Gasteiger partial charge >= 0.3 is 0 Å². The Labute approximate surface area is 109 Å². The minimum atomic E-state index is -0.675. The molecule has 2 fully saturated rings. The molecule has 1 aromatic carbocycles. The second kappa shape index (κ2) is 4.07. The van der Waals surface area contributed by atoms with Crippen molar-refractivity contribution in [3.05, 3.63) is 34.4 Å². The first-order valence-corrected chi connectivity index (χ1v) is 6.94. The number of hydrogen-bond donors (Lipinski definition) is 1. The minimum absolute atomic E-state index is 0.258. The molecule has 18 heavy (non-hydrogen) atoms. The van der Waals surface area contributed by atoms with Gasteiger partial charge in [0.2, 0.25) is 0 Å². The van der Waals surface area contributed by atoms with Crippen molar-refractivity contribution in [1.29, 1.82) is 0 Å². The highest BCUT2D eigenvalue weighted by atomic mass is 16.5. The quantitative estimate of drug-likeness (QED) is 0.825. The third-order valence-corrected chi connectivity index (χ3v) is 4.47. The van der Waals surface area contributed by atoms with Gasteiger partial charge in [0, 0.05) is 12.8 Å². The fourth-order valence-electron chi connectivity index (χ4n) is 4.04. The van der Waals surface area contributed by atoms with Gasteiger partial charge in [-0.2, -0.15) is 0 Å². The summed E-state index contributed by atoms with van der Waals surface area (Å²) in [6.07, 6.45) is 4.25. The van der Waals surface area contributed by atoms with Crippen LogP contribution in [0, 0.1) is 20.8 Å². The van der Waals surface area contributed by atoms with E-state index >= 15 is 0 Å². The second-order valence-corrected chi connectivity index (χ2v) is 6.17. The maximum absolute atomic E-state index is 11.1. The third-order valence-electron chi connectivity index (χ3n) is 4.47. The van der Waals surface area contributed by atoms with Gasteiger partial charge in [0.25, 0.3) is 0 Å². The van der Waals surface area contributed by atoms with Crippen LogP contribution in [0.3, 0.4) is 0 Å². The summed E-state index contributed by atoms with van der Waals surface area (Å²) in [5.41, 5.74) is 4.18. The first-order valence-electron chi connectivity index (χ1n) is 6.94. The van der Waals surface area contributed by atoms with Gasteiger partial charge in [-0.1, -0.05) is 17.7 Å². The fourth-order valence-corrected chi connectivity index (χ4v) is 4.04. The number of benzene rings is 1. The Morgan fingerprint density at radius 3 is 2.06 bits per heavy atom. The Bertz CT molecular complexity index is 443. The summed E-state index contributed by atoms with van der Waals surface area (Å²) < 4.78 is 5.86. The summed E-state index contributed by atoms with van der Waals surface area (Å²) in [4.78, 5) is 0. The summed E-state index contributed by atoms with van der Waals surface area (Å²) in [6, 6.07) is 4.36. The van der Waals surface area contributed by atoms with Crippen molar-refractivity contribution in [3.8, 4) is 0 Å². The van der Waals surface area contributed by atoms with Crippen LogP contribution in [0.5, 0.6) is 0 Å². The SMILES string of the molecule is Cc1cc(C)c(C2(O)CC3CCC(C2)O3)c(C)c1. The van der Waals surface area contributed by atoms with Crippen LogP contribution in [0.2, 0.25) is 0 Å². The average Bonchev–Trinajstić information content (AvgIpc) is 2.56. The standard InChI is InChI=1S/C16H22O2/c1-10-6-11(2)15(12(3)7-10)16(17)8-13-4-5-14(9-16)18-13/h6-7,13-14,17H,4-5,8-9H2,1-3H3. The molecule has 2 bridgehead atoms. The Kier molecular flexibility index (Phi) is 2.76. The van der Waals surface area contributed by atoms with Gasteiger partial charge in [-0.25, -0.2) is 0 Å². The van der Waals surface area contributed by atoms with Crippen LogP contribution in [0.25, 0.3) is 0 Å². The molecule has 3 rings (SSSR count). The fraction of sp³-hybridized carbons (Fsp3) is 0.625. The van der Waals surface area contributed by atoms with E-state index in [2.05, 4.69) is 32.9 Å². The summed E-state index contributed by atoms with van der Waals surface area (Å²) in [7, 11) is 0. The zero-order valence-electron chi connectivity index (χ0n) is 11.5. The topological polar surface area (TPSA) is 29.5 Å². The lowest BCUT2D eigenvalue weighted by atomic mass is 9.78. The van der Waals surface area contributed by atoms with Crippen LogP contribution in [0.15, 0.2) is 12.1 Å². The molecule has 1 N–H and O–H groups in total. The molecular weight excluding hydrogens is 224 g/mol. The monoisotopic (exact) mass is 246 g/mol. The minimum Gasteiger partial charge on any atom is -0.385 e. The van der Waals surface area contributed by atoms with Gasteiger partial charge in [-0.3, -0.25) is 0 Å². The van der Waals surface area contributed by atoms with Crippen LogP contribution in [0.4, 0.5) is 0 Å². The highest BCUT2D eigenvalue weighted by Gasteiger charge is 2.45. The van der Waals surface area contributed by atoms with Gasteiger partial charge in [-0.05, 0) is 50.3 Å². The normalized spacial score (nSPS) is 34.9. The molecule has 2 aliphatic heterocycles. The Balaban J connectivity index is 2.04. The lowest BCUT2D eigenvalue weighted by Gasteiger charge is -2.38. The van der Waals surface area contributed by atoms with Crippen molar-refractivity contribution in [3.63, 3.8) is 0 Å². The van der Waals surface area contributed by atoms with Crippen LogP contribution in [-0.4, -0.2) is 17.3 Å². The predicted octanol–water partition coefficient (Wildman–Crippen LogP) is 3.14. The lowest BCUT2D eigenvalue weighted by molar-refractivity contribution is -0.116. The molecule has 2 unspecified atom stereocenters. The number of aryl methyl sites for hydroxylation is 3. The Hall–Kier alpha value is -0.860. The molecule has 0 aromatic heterocycles. The molecule has 0 saturated carbocycles. The molecule has 98 valence electrons. The first-order chi connectivity index (χ1) is 8.48. The van der Waals surface area contributed by atoms with Crippen LogP contribution >= 0.6 is 0 Å². The molecule has 0 spiro atoms. The Morgan fingerprint density at radius 2 is 1.56 bits per heavy atom. The van der Waals surface area contributed by atoms with Gasteiger partial charge in [0.05, 0.1) is 17.8 Å². The summed E-state index contributed by atoms with van der Waals surface area (Å²) in [5.74, 6) is 0. The van der Waals surface area contributed by atoms with Crippen LogP contribution < -0.4 is 0 Å². The molecule has 2 heteroatoms. The molecule has 2 saturated heterocycles. The van der Waals surface area contributed by atoms with Crippen molar-refractivity contribution in [1.82, 2.24) is 0 Å². The predicted molar refractivity (Wildman–Crippen MR) is 71.7 cm³/mol. The van der Waals surface area contributed by atoms with Gasteiger partial charge in [-0.15, -0.1) is 0 Å². The van der Waals surface area contributed by atoms with E-state index in [4.69, 9.17) is 4.74 Å². The van der Waals surface area contributed by atoms with E-state index in [0.29, 0.717) is 0 Å². The summed E-state index contributed by atoms with van der Waals surface area (Å²) in [6.45, 7) is 6.34. The maximum atomic E-state index is 11.1.